The van der Waals surface area contributed by atoms with E-state index in [-0.39, 0.29) is 0 Å². The van der Waals surface area contributed by atoms with Crippen LogP contribution in [0.5, 0.6) is 0 Å². The second kappa shape index (κ2) is 5.76. The van der Waals surface area contributed by atoms with Gasteiger partial charge >= 0.3 is 0 Å². The van der Waals surface area contributed by atoms with Crippen molar-refractivity contribution in [1.82, 2.24) is 9.97 Å². The number of hydrogen-bond acceptors (Lipinski definition) is 5. The Bertz CT molecular complexity index is 782. The van der Waals surface area contributed by atoms with Crippen molar-refractivity contribution >= 4 is 43.3 Å². The summed E-state index contributed by atoms with van der Waals surface area (Å²) in [6.45, 7) is 2.57. The molecule has 0 saturated heterocycles. The minimum Gasteiger partial charge on any atom is -0.235 e. The molecule has 20 heavy (non-hydrogen) atoms. The summed E-state index contributed by atoms with van der Waals surface area (Å²) in [6, 6.07) is 8.03. The monoisotopic (exact) mass is 346 g/mol. The zero-order chi connectivity index (χ0) is 13.9. The van der Waals surface area contributed by atoms with Gasteiger partial charge < -0.3 is 0 Å². The molecule has 0 aliphatic heterocycles. The first-order valence-corrected chi connectivity index (χ1v) is 7.72. The molecule has 2 heterocycles. The van der Waals surface area contributed by atoms with Crippen LogP contribution < -0.4 is 0 Å². The van der Waals surface area contributed by atoms with Gasteiger partial charge in [0.05, 0.1) is 16.8 Å². The van der Waals surface area contributed by atoms with Crippen LogP contribution in [0.15, 0.2) is 50.7 Å². The summed E-state index contributed by atoms with van der Waals surface area (Å²) < 4.78 is 2.03. The van der Waals surface area contributed by atoms with Crippen LogP contribution in [0.25, 0.3) is 10.2 Å². The molecule has 6 heteroatoms. The van der Waals surface area contributed by atoms with Crippen LogP contribution >= 0.6 is 27.3 Å². The van der Waals surface area contributed by atoms with Crippen molar-refractivity contribution < 1.29 is 0 Å². The second-order valence-electron chi connectivity index (χ2n) is 4.32. The molecule has 1 aromatic carbocycles. The number of nitrogens with zero attached hydrogens (tertiary/aromatic N) is 4. The SMILES string of the molecule is Cc1csc2c(N=NCc3cccc(Br)c3)ncnc12. The largest absolute Gasteiger partial charge is 0.235 e. The highest BCUT2D eigenvalue weighted by atomic mass is 79.9. The third kappa shape index (κ3) is 2.76. The minimum atomic E-state index is 0.537. The predicted octanol–water partition coefficient (Wildman–Crippen LogP) is 5.05. The van der Waals surface area contributed by atoms with Crippen LogP contribution in [0.4, 0.5) is 5.82 Å². The van der Waals surface area contributed by atoms with Crippen LogP contribution in [0, 0.1) is 6.92 Å². The van der Waals surface area contributed by atoms with E-state index in [1.165, 1.54) is 6.33 Å². The molecule has 0 saturated carbocycles. The van der Waals surface area contributed by atoms with Gasteiger partial charge in [0, 0.05) is 4.47 Å². The number of fused-ring (bicyclic) bond motifs is 1. The lowest BCUT2D eigenvalue weighted by atomic mass is 10.2. The molecule has 0 atom stereocenters. The van der Waals surface area contributed by atoms with Gasteiger partial charge in [0.25, 0.3) is 0 Å². The van der Waals surface area contributed by atoms with Crippen LogP contribution in [0.1, 0.15) is 11.1 Å². The zero-order valence-corrected chi connectivity index (χ0v) is 13.1. The van der Waals surface area contributed by atoms with Crippen molar-refractivity contribution in [1.29, 1.82) is 0 Å². The van der Waals surface area contributed by atoms with E-state index >= 15 is 0 Å². The maximum Gasteiger partial charge on any atom is 0.195 e. The molecular formula is C14H11BrN4S. The maximum atomic E-state index is 4.27. The number of halogens is 1. The number of hydrogen-bond donors (Lipinski definition) is 0. The molecule has 0 radical (unpaired) electrons. The Balaban J connectivity index is 1.84. The molecule has 0 fully saturated rings. The third-order valence-electron chi connectivity index (χ3n) is 2.82. The van der Waals surface area contributed by atoms with Crippen molar-refractivity contribution in [2.45, 2.75) is 13.5 Å². The number of thiophene rings is 1. The summed E-state index contributed by atoms with van der Waals surface area (Å²) in [4.78, 5) is 8.47. The Kier molecular flexibility index (Phi) is 3.84. The van der Waals surface area contributed by atoms with E-state index in [1.807, 2.05) is 31.2 Å². The van der Waals surface area contributed by atoms with Gasteiger partial charge in [-0.3, -0.25) is 0 Å². The topological polar surface area (TPSA) is 50.5 Å². The summed E-state index contributed by atoms with van der Waals surface area (Å²) in [7, 11) is 0. The molecule has 0 amide bonds. The van der Waals surface area contributed by atoms with Gasteiger partial charge in [-0.1, -0.05) is 28.1 Å². The second-order valence-corrected chi connectivity index (χ2v) is 6.12. The van der Waals surface area contributed by atoms with Crippen molar-refractivity contribution in [2.24, 2.45) is 10.2 Å². The molecule has 100 valence electrons. The highest BCUT2D eigenvalue weighted by Gasteiger charge is 2.06. The van der Waals surface area contributed by atoms with E-state index in [1.54, 1.807) is 11.3 Å². The van der Waals surface area contributed by atoms with Gasteiger partial charge in [-0.15, -0.1) is 16.5 Å². The molecule has 3 rings (SSSR count). The first-order chi connectivity index (χ1) is 9.74. The molecule has 0 aliphatic carbocycles. The Labute approximate surface area is 128 Å². The fourth-order valence-electron chi connectivity index (χ4n) is 1.85. The van der Waals surface area contributed by atoms with E-state index in [0.29, 0.717) is 12.4 Å². The standard InChI is InChI=1S/C14H11BrN4S/c1-9-7-20-13-12(9)16-8-17-14(13)19-18-6-10-3-2-4-11(15)5-10/h2-5,7-8H,6H2,1H3. The Hall–Kier alpha value is -1.66. The first-order valence-electron chi connectivity index (χ1n) is 6.05. The lowest BCUT2D eigenvalue weighted by Gasteiger charge is -1.97. The van der Waals surface area contributed by atoms with Crippen LogP contribution in [-0.4, -0.2) is 9.97 Å². The summed E-state index contributed by atoms with van der Waals surface area (Å²) in [5.41, 5.74) is 3.22. The van der Waals surface area contributed by atoms with Gasteiger partial charge in [-0.2, -0.15) is 5.11 Å². The van der Waals surface area contributed by atoms with Crippen molar-refractivity contribution in [2.75, 3.05) is 0 Å². The Morgan fingerprint density at radius 1 is 1.30 bits per heavy atom. The summed E-state index contributed by atoms with van der Waals surface area (Å²) >= 11 is 5.05. The van der Waals surface area contributed by atoms with Crippen molar-refractivity contribution in [3.63, 3.8) is 0 Å². The molecule has 4 nitrogen and oxygen atoms in total. The van der Waals surface area contributed by atoms with Gasteiger partial charge in [-0.25, -0.2) is 9.97 Å². The van der Waals surface area contributed by atoms with Crippen molar-refractivity contribution in [3.8, 4) is 0 Å². The number of benzene rings is 1. The van der Waals surface area contributed by atoms with E-state index < -0.39 is 0 Å². The summed E-state index contributed by atoms with van der Waals surface area (Å²) in [5.74, 6) is 0.642. The molecule has 0 N–H and O–H groups in total. The molecule has 0 unspecified atom stereocenters. The Morgan fingerprint density at radius 2 is 2.20 bits per heavy atom. The van der Waals surface area contributed by atoms with Gasteiger partial charge in [0.2, 0.25) is 0 Å². The number of rotatable bonds is 3. The first kappa shape index (κ1) is 13.3. The van der Waals surface area contributed by atoms with Crippen LogP contribution in [-0.2, 0) is 6.54 Å². The summed E-state index contributed by atoms with van der Waals surface area (Å²) in [5, 5.41) is 10.5. The fourth-order valence-corrected chi connectivity index (χ4v) is 3.22. The van der Waals surface area contributed by atoms with E-state index in [2.05, 4.69) is 41.5 Å². The molecule has 2 aromatic heterocycles. The van der Waals surface area contributed by atoms with Crippen LogP contribution in [0.2, 0.25) is 0 Å². The number of aryl methyl sites for hydroxylation is 1. The van der Waals surface area contributed by atoms with Gasteiger partial charge in [-0.05, 0) is 35.6 Å². The Morgan fingerprint density at radius 3 is 3.05 bits per heavy atom. The van der Waals surface area contributed by atoms with E-state index in [4.69, 9.17) is 0 Å². The zero-order valence-electron chi connectivity index (χ0n) is 10.7. The molecule has 0 aliphatic rings. The smallest absolute Gasteiger partial charge is 0.195 e. The highest BCUT2D eigenvalue weighted by Crippen LogP contribution is 2.30. The number of aromatic nitrogens is 2. The minimum absolute atomic E-state index is 0.537. The van der Waals surface area contributed by atoms with Crippen LogP contribution in [0.3, 0.4) is 0 Å². The number of azo groups is 1. The van der Waals surface area contributed by atoms with Gasteiger partial charge in [0.15, 0.2) is 5.82 Å². The van der Waals surface area contributed by atoms with E-state index in [0.717, 1.165) is 25.8 Å². The lowest BCUT2D eigenvalue weighted by Crippen LogP contribution is -1.82. The fraction of sp³-hybridized carbons (Fsp3) is 0.143. The third-order valence-corrected chi connectivity index (χ3v) is 4.40. The average Bonchev–Trinajstić information content (AvgIpc) is 2.82. The summed E-state index contributed by atoms with van der Waals surface area (Å²) in [6.07, 6.45) is 1.54. The molecule has 3 aromatic rings. The predicted molar refractivity (Wildman–Crippen MR) is 84.5 cm³/mol. The van der Waals surface area contributed by atoms with Crippen molar-refractivity contribution in [3.05, 3.63) is 51.6 Å². The normalized spacial score (nSPS) is 11.5. The lowest BCUT2D eigenvalue weighted by molar-refractivity contribution is 0.947. The molecular weight excluding hydrogens is 336 g/mol. The average molecular weight is 347 g/mol. The molecule has 0 spiro atoms. The quantitative estimate of drug-likeness (QED) is 0.623. The molecule has 0 bridgehead atoms. The van der Waals surface area contributed by atoms with E-state index in [9.17, 15) is 0 Å². The van der Waals surface area contributed by atoms with Gasteiger partial charge in [0.1, 0.15) is 6.33 Å². The highest BCUT2D eigenvalue weighted by molar-refractivity contribution is 9.10. The maximum absolute atomic E-state index is 4.27.